The lowest BCUT2D eigenvalue weighted by atomic mass is 9.82. The van der Waals surface area contributed by atoms with Gasteiger partial charge in [0.25, 0.3) is 0 Å². The van der Waals surface area contributed by atoms with Crippen molar-refractivity contribution < 1.29 is 14.6 Å². The predicted molar refractivity (Wildman–Crippen MR) is 112 cm³/mol. The van der Waals surface area contributed by atoms with Crippen LogP contribution in [0.5, 0.6) is 0 Å². The molecule has 0 aromatic heterocycles. The number of carboxylic acid groups (broad SMARTS) is 1. The van der Waals surface area contributed by atoms with Gasteiger partial charge < -0.3 is 9.84 Å². The van der Waals surface area contributed by atoms with E-state index >= 15 is 0 Å². The fourth-order valence-corrected chi connectivity index (χ4v) is 5.29. The van der Waals surface area contributed by atoms with Crippen LogP contribution in [0.1, 0.15) is 104 Å². The first kappa shape index (κ1) is 22.5. The third-order valence-corrected chi connectivity index (χ3v) is 6.86. The molecule has 0 aromatic rings. The summed E-state index contributed by atoms with van der Waals surface area (Å²) < 4.78 is 6.48. The Morgan fingerprint density at radius 2 is 1.81 bits per heavy atom. The zero-order chi connectivity index (χ0) is 19.5. The van der Waals surface area contributed by atoms with E-state index in [-0.39, 0.29) is 0 Å². The highest BCUT2D eigenvalue weighted by Crippen LogP contribution is 2.51. The van der Waals surface area contributed by atoms with Crippen molar-refractivity contribution in [2.75, 3.05) is 6.61 Å². The Bertz CT molecular complexity index is 457. The van der Waals surface area contributed by atoms with Crippen LogP contribution in [-0.2, 0) is 9.53 Å². The van der Waals surface area contributed by atoms with E-state index in [2.05, 4.69) is 19.9 Å². The highest BCUT2D eigenvalue weighted by Gasteiger charge is 2.47. The molecule has 156 valence electrons. The van der Waals surface area contributed by atoms with Crippen LogP contribution in [0.15, 0.2) is 11.6 Å². The number of carboxylic acids is 1. The van der Waals surface area contributed by atoms with E-state index in [1.54, 1.807) is 5.57 Å². The molecule has 3 nitrogen and oxygen atoms in total. The molecule has 0 radical (unpaired) electrons. The maximum absolute atomic E-state index is 10.6. The number of aliphatic carboxylic acids is 1. The second-order valence-corrected chi connectivity index (χ2v) is 8.79. The number of fused-ring (bicyclic) bond motifs is 2. The largest absolute Gasteiger partial charge is 0.481 e. The summed E-state index contributed by atoms with van der Waals surface area (Å²) in [6.45, 7) is 5.42. The van der Waals surface area contributed by atoms with Crippen LogP contribution >= 0.6 is 0 Å². The number of unbranched alkanes of at least 4 members (excludes halogenated alkanes) is 5. The molecule has 4 unspecified atom stereocenters. The standard InChI is InChI=1S/C24H42O3/c1-3-5-8-11-19(4-2)16-17-27-24-21-15-14-20(18-21)22(24)12-9-6-7-10-13-23(25)26/h11,20-22,24H,3-10,12-18H2,1-2H3,(H,25,26)/b19-11+. The fraction of sp³-hybridized carbons (Fsp3) is 0.875. The Kier molecular flexibility index (Phi) is 10.5. The molecule has 0 amide bonds. The normalized spacial score (nSPS) is 27.4. The van der Waals surface area contributed by atoms with Crippen LogP contribution in [-0.4, -0.2) is 23.8 Å². The summed E-state index contributed by atoms with van der Waals surface area (Å²) in [7, 11) is 0. The quantitative estimate of drug-likeness (QED) is 0.253. The number of allylic oxidation sites excluding steroid dienone is 1. The first-order valence-electron chi connectivity index (χ1n) is 11.7. The molecular weight excluding hydrogens is 336 g/mol. The molecule has 2 rings (SSSR count). The molecular formula is C24H42O3. The van der Waals surface area contributed by atoms with Crippen LogP contribution in [0.4, 0.5) is 0 Å². The first-order chi connectivity index (χ1) is 13.2. The lowest BCUT2D eigenvalue weighted by molar-refractivity contribution is -0.137. The summed E-state index contributed by atoms with van der Waals surface area (Å²) in [6.07, 6.45) is 19.1. The van der Waals surface area contributed by atoms with Crippen molar-refractivity contribution in [2.24, 2.45) is 17.8 Å². The number of ether oxygens (including phenoxy) is 1. The van der Waals surface area contributed by atoms with Crippen molar-refractivity contribution in [2.45, 2.75) is 110 Å². The fourth-order valence-electron chi connectivity index (χ4n) is 5.29. The SMILES string of the molecule is CCCC/C=C(\CC)CCOC1C2CCC(C2)C1CCCCCCC(=O)O. The summed E-state index contributed by atoms with van der Waals surface area (Å²) in [5.74, 6) is 1.80. The first-order valence-corrected chi connectivity index (χ1v) is 11.7. The lowest BCUT2D eigenvalue weighted by Crippen LogP contribution is -2.30. The van der Waals surface area contributed by atoms with E-state index in [0.29, 0.717) is 12.5 Å². The maximum Gasteiger partial charge on any atom is 0.303 e. The van der Waals surface area contributed by atoms with Gasteiger partial charge in [0.2, 0.25) is 0 Å². The highest BCUT2D eigenvalue weighted by molar-refractivity contribution is 5.66. The van der Waals surface area contributed by atoms with Gasteiger partial charge in [-0.15, -0.1) is 0 Å². The van der Waals surface area contributed by atoms with E-state index in [0.717, 1.165) is 50.0 Å². The second-order valence-electron chi connectivity index (χ2n) is 8.79. The van der Waals surface area contributed by atoms with Crippen LogP contribution in [0.3, 0.4) is 0 Å². The van der Waals surface area contributed by atoms with E-state index < -0.39 is 5.97 Å². The highest BCUT2D eigenvalue weighted by atomic mass is 16.5. The van der Waals surface area contributed by atoms with Crippen LogP contribution in [0.25, 0.3) is 0 Å². The van der Waals surface area contributed by atoms with Crippen molar-refractivity contribution in [3.05, 3.63) is 11.6 Å². The van der Waals surface area contributed by atoms with Gasteiger partial charge >= 0.3 is 5.97 Å². The van der Waals surface area contributed by atoms with Crippen molar-refractivity contribution >= 4 is 5.97 Å². The summed E-state index contributed by atoms with van der Waals surface area (Å²) >= 11 is 0. The second kappa shape index (κ2) is 12.6. The van der Waals surface area contributed by atoms with Gasteiger partial charge in [0.1, 0.15) is 0 Å². The Labute approximate surface area is 167 Å². The smallest absolute Gasteiger partial charge is 0.303 e. The van der Waals surface area contributed by atoms with Gasteiger partial charge in [0.15, 0.2) is 0 Å². The Morgan fingerprint density at radius 3 is 2.56 bits per heavy atom. The Balaban J connectivity index is 1.69. The van der Waals surface area contributed by atoms with E-state index in [1.807, 2.05) is 0 Å². The zero-order valence-corrected chi connectivity index (χ0v) is 17.8. The number of rotatable bonds is 15. The predicted octanol–water partition coefficient (Wildman–Crippen LogP) is 6.76. The number of carbonyl (C=O) groups is 1. The summed E-state index contributed by atoms with van der Waals surface area (Å²) in [4.78, 5) is 10.6. The molecule has 0 spiro atoms. The third-order valence-electron chi connectivity index (χ3n) is 6.86. The summed E-state index contributed by atoms with van der Waals surface area (Å²) in [5, 5.41) is 8.73. The van der Waals surface area contributed by atoms with E-state index in [1.165, 1.54) is 57.8 Å². The maximum atomic E-state index is 10.6. The minimum Gasteiger partial charge on any atom is -0.481 e. The van der Waals surface area contributed by atoms with E-state index in [9.17, 15) is 4.79 Å². The Hall–Kier alpha value is -0.830. The number of hydrogen-bond acceptors (Lipinski definition) is 2. The van der Waals surface area contributed by atoms with Gasteiger partial charge in [-0.3, -0.25) is 4.79 Å². The molecule has 4 atom stereocenters. The molecule has 27 heavy (non-hydrogen) atoms. The Morgan fingerprint density at radius 1 is 1.04 bits per heavy atom. The monoisotopic (exact) mass is 378 g/mol. The minimum absolute atomic E-state index is 0.325. The van der Waals surface area contributed by atoms with Gasteiger partial charge in [-0.05, 0) is 69.1 Å². The molecule has 2 bridgehead atoms. The molecule has 2 saturated carbocycles. The molecule has 2 aliphatic rings. The summed E-state index contributed by atoms with van der Waals surface area (Å²) in [6, 6.07) is 0. The molecule has 0 aliphatic heterocycles. The van der Waals surface area contributed by atoms with Gasteiger partial charge in [-0.2, -0.15) is 0 Å². The van der Waals surface area contributed by atoms with Gasteiger partial charge in [-0.25, -0.2) is 0 Å². The average Bonchev–Trinajstić information content (AvgIpc) is 3.25. The molecule has 2 aliphatic carbocycles. The lowest BCUT2D eigenvalue weighted by Gasteiger charge is -2.31. The average molecular weight is 379 g/mol. The molecule has 2 fully saturated rings. The molecule has 0 saturated heterocycles. The number of hydrogen-bond donors (Lipinski definition) is 1. The minimum atomic E-state index is -0.660. The van der Waals surface area contributed by atoms with Crippen molar-refractivity contribution in [1.82, 2.24) is 0 Å². The van der Waals surface area contributed by atoms with Crippen LogP contribution < -0.4 is 0 Å². The third kappa shape index (κ3) is 7.60. The molecule has 0 heterocycles. The van der Waals surface area contributed by atoms with Crippen molar-refractivity contribution in [3.8, 4) is 0 Å². The topological polar surface area (TPSA) is 46.5 Å². The van der Waals surface area contributed by atoms with Gasteiger partial charge in [-0.1, -0.05) is 57.6 Å². The van der Waals surface area contributed by atoms with Crippen molar-refractivity contribution in [1.29, 1.82) is 0 Å². The molecule has 3 heteroatoms. The van der Waals surface area contributed by atoms with Crippen LogP contribution in [0.2, 0.25) is 0 Å². The van der Waals surface area contributed by atoms with Gasteiger partial charge in [0.05, 0.1) is 12.7 Å². The molecule has 0 aromatic carbocycles. The van der Waals surface area contributed by atoms with Crippen molar-refractivity contribution in [3.63, 3.8) is 0 Å². The van der Waals surface area contributed by atoms with Gasteiger partial charge in [0, 0.05) is 6.42 Å². The summed E-state index contributed by atoms with van der Waals surface area (Å²) in [5.41, 5.74) is 1.57. The zero-order valence-electron chi connectivity index (χ0n) is 17.8. The van der Waals surface area contributed by atoms with Crippen LogP contribution in [0, 0.1) is 17.8 Å². The van der Waals surface area contributed by atoms with E-state index in [4.69, 9.17) is 9.84 Å². The molecule has 1 N–H and O–H groups in total.